The average Bonchev–Trinajstić information content (AvgIpc) is 3.30. The van der Waals surface area contributed by atoms with Gasteiger partial charge in [-0.25, -0.2) is 0 Å². The first-order valence-electron chi connectivity index (χ1n) is 10.5. The van der Waals surface area contributed by atoms with Gasteiger partial charge >= 0.3 is 0 Å². The van der Waals surface area contributed by atoms with E-state index in [-0.39, 0.29) is 0 Å². The van der Waals surface area contributed by atoms with Crippen LogP contribution in [-0.4, -0.2) is 39.4 Å². The molecule has 0 aromatic rings. The fraction of sp³-hybridized carbons (Fsp3) is 1.00. The first-order chi connectivity index (χ1) is 11.5. The van der Waals surface area contributed by atoms with E-state index in [1.807, 2.05) is 41.5 Å². The summed E-state index contributed by atoms with van der Waals surface area (Å²) in [5, 5.41) is 6.51. The van der Waals surface area contributed by atoms with E-state index in [1.54, 1.807) is 0 Å². The third-order valence-corrected chi connectivity index (χ3v) is 3.24. The van der Waals surface area contributed by atoms with Crippen LogP contribution in [0.4, 0.5) is 0 Å². The summed E-state index contributed by atoms with van der Waals surface area (Å²) in [5.41, 5.74) is 0. The van der Waals surface area contributed by atoms with Crippen molar-refractivity contribution in [3.8, 4) is 0 Å². The van der Waals surface area contributed by atoms with E-state index in [1.165, 1.54) is 77.5 Å². The Morgan fingerprint density at radius 2 is 0.739 bits per heavy atom. The summed E-state index contributed by atoms with van der Waals surface area (Å²) in [7, 11) is 0. The quantitative estimate of drug-likeness (QED) is 0.623. The van der Waals surface area contributed by atoms with Crippen molar-refractivity contribution in [1.82, 2.24) is 10.6 Å². The highest BCUT2D eigenvalue weighted by molar-refractivity contribution is 4.56. The second-order valence-electron chi connectivity index (χ2n) is 4.94. The van der Waals surface area contributed by atoms with Crippen LogP contribution in [0, 0.1) is 0 Å². The van der Waals surface area contributed by atoms with E-state index >= 15 is 0 Å². The molecule has 3 aliphatic heterocycles. The molecule has 3 nitrogen and oxygen atoms in total. The summed E-state index contributed by atoms with van der Waals surface area (Å²) < 4.78 is 5.07. The highest BCUT2D eigenvalue weighted by Gasteiger charge is 1.95. The van der Waals surface area contributed by atoms with Gasteiger partial charge in [0.05, 0.1) is 0 Å². The number of rotatable bonds is 0. The molecule has 23 heavy (non-hydrogen) atoms. The average molecular weight is 333 g/mol. The lowest BCUT2D eigenvalue weighted by molar-refractivity contribution is 0.0968. The van der Waals surface area contributed by atoms with Crippen LogP contribution in [-0.2, 0) is 4.74 Å². The van der Waals surface area contributed by atoms with E-state index in [0.29, 0.717) is 0 Å². The molecule has 0 atom stereocenters. The molecule has 0 spiro atoms. The molecule has 3 aliphatic rings. The number of ether oxygens (including phenoxy) is 1. The van der Waals surface area contributed by atoms with Crippen molar-refractivity contribution in [3.63, 3.8) is 0 Å². The molecule has 0 bridgehead atoms. The van der Waals surface area contributed by atoms with Crippen molar-refractivity contribution in [2.45, 2.75) is 92.9 Å². The van der Waals surface area contributed by atoms with Crippen LogP contribution in [0.1, 0.15) is 92.9 Å². The molecule has 3 fully saturated rings. The molecule has 0 aromatic carbocycles. The van der Waals surface area contributed by atoms with Gasteiger partial charge < -0.3 is 15.4 Å². The number of piperidine rings is 1. The molecular weight excluding hydrogens is 284 g/mol. The third-order valence-electron chi connectivity index (χ3n) is 3.24. The minimum Gasteiger partial charge on any atom is -0.381 e. The first-order valence-corrected chi connectivity index (χ1v) is 10.5. The maximum Gasteiger partial charge on any atom is 0.0466 e. The summed E-state index contributed by atoms with van der Waals surface area (Å²) in [5.74, 6) is 0. The van der Waals surface area contributed by atoms with Gasteiger partial charge in [-0.05, 0) is 71.1 Å². The van der Waals surface area contributed by atoms with Crippen LogP contribution in [0.15, 0.2) is 0 Å². The SMILES string of the molecule is C1CCNC1.C1CCNCC1.C1CCOCC1.CC.CC.CC. The first kappa shape index (κ1) is 27.7. The van der Waals surface area contributed by atoms with Gasteiger partial charge in [-0.2, -0.15) is 0 Å². The van der Waals surface area contributed by atoms with Crippen molar-refractivity contribution in [2.75, 3.05) is 39.4 Å². The summed E-state index contributed by atoms with van der Waals surface area (Å²) in [6.07, 6.45) is 10.9. The van der Waals surface area contributed by atoms with Crippen LogP contribution in [0.3, 0.4) is 0 Å². The lowest BCUT2D eigenvalue weighted by Gasteiger charge is -2.08. The topological polar surface area (TPSA) is 33.3 Å². The smallest absolute Gasteiger partial charge is 0.0466 e. The van der Waals surface area contributed by atoms with Crippen molar-refractivity contribution in [3.05, 3.63) is 0 Å². The summed E-state index contributed by atoms with van der Waals surface area (Å²) in [6.45, 7) is 19.0. The fourth-order valence-corrected chi connectivity index (χ4v) is 2.11. The molecule has 3 heterocycles. The second-order valence-corrected chi connectivity index (χ2v) is 4.94. The van der Waals surface area contributed by atoms with Crippen molar-refractivity contribution < 1.29 is 4.74 Å². The van der Waals surface area contributed by atoms with Crippen molar-refractivity contribution in [2.24, 2.45) is 0 Å². The Balaban J connectivity index is -0.000000225. The zero-order valence-electron chi connectivity index (χ0n) is 17.3. The normalized spacial score (nSPS) is 18.5. The van der Waals surface area contributed by atoms with Crippen LogP contribution >= 0.6 is 0 Å². The van der Waals surface area contributed by atoms with Crippen LogP contribution in [0.2, 0.25) is 0 Å². The lowest BCUT2D eigenvalue weighted by atomic mass is 10.2. The molecule has 0 saturated carbocycles. The van der Waals surface area contributed by atoms with Crippen molar-refractivity contribution >= 4 is 0 Å². The van der Waals surface area contributed by atoms with E-state index in [2.05, 4.69) is 10.6 Å². The molecule has 0 amide bonds. The fourth-order valence-electron chi connectivity index (χ4n) is 2.11. The Morgan fingerprint density at radius 1 is 0.435 bits per heavy atom. The Labute approximate surface area is 148 Å². The summed E-state index contributed by atoms with van der Waals surface area (Å²) >= 11 is 0. The van der Waals surface area contributed by atoms with Gasteiger partial charge in [0.15, 0.2) is 0 Å². The molecule has 0 radical (unpaired) electrons. The Hall–Kier alpha value is -0.120. The largest absolute Gasteiger partial charge is 0.381 e. The highest BCUT2D eigenvalue weighted by atomic mass is 16.5. The second kappa shape index (κ2) is 33.5. The van der Waals surface area contributed by atoms with Crippen molar-refractivity contribution in [1.29, 1.82) is 0 Å². The summed E-state index contributed by atoms with van der Waals surface area (Å²) in [6, 6.07) is 0. The number of nitrogens with one attached hydrogen (secondary N) is 2. The molecule has 144 valence electrons. The monoisotopic (exact) mass is 332 g/mol. The van der Waals surface area contributed by atoms with Crippen LogP contribution in [0.25, 0.3) is 0 Å². The number of hydrogen-bond donors (Lipinski definition) is 2. The number of hydrogen-bond acceptors (Lipinski definition) is 3. The Bertz CT molecular complexity index is 99.9. The molecule has 0 unspecified atom stereocenters. The van der Waals surface area contributed by atoms with Gasteiger partial charge in [-0.15, -0.1) is 0 Å². The van der Waals surface area contributed by atoms with E-state index in [4.69, 9.17) is 4.74 Å². The van der Waals surface area contributed by atoms with Gasteiger partial charge in [-0.1, -0.05) is 48.0 Å². The molecule has 2 N–H and O–H groups in total. The molecule has 3 saturated heterocycles. The Morgan fingerprint density at radius 3 is 0.870 bits per heavy atom. The van der Waals surface area contributed by atoms with E-state index in [0.717, 1.165) is 13.2 Å². The molecule has 3 heteroatoms. The predicted octanol–water partition coefficient (Wildman–Crippen LogP) is 5.40. The zero-order chi connectivity index (χ0) is 18.0. The predicted molar refractivity (Wildman–Crippen MR) is 108 cm³/mol. The maximum atomic E-state index is 5.07. The van der Waals surface area contributed by atoms with Gasteiger partial charge in [-0.3, -0.25) is 0 Å². The molecule has 0 aromatic heterocycles. The lowest BCUT2D eigenvalue weighted by Crippen LogP contribution is -2.21. The Kier molecular flexibility index (Phi) is 40.3. The van der Waals surface area contributed by atoms with Crippen LogP contribution in [0.5, 0.6) is 0 Å². The third kappa shape index (κ3) is 30.3. The molecule has 3 rings (SSSR count). The van der Waals surface area contributed by atoms with Gasteiger partial charge in [0.2, 0.25) is 0 Å². The maximum absolute atomic E-state index is 5.07. The molecule has 0 aliphatic carbocycles. The zero-order valence-corrected chi connectivity index (χ0v) is 17.3. The minimum atomic E-state index is 1.00. The van der Waals surface area contributed by atoms with Crippen LogP contribution < -0.4 is 10.6 Å². The van der Waals surface area contributed by atoms with Gasteiger partial charge in [0.25, 0.3) is 0 Å². The minimum absolute atomic E-state index is 1.00. The standard InChI is InChI=1S/C5H11N.C5H10O.C4H9N.3C2H6/c2*1-2-4-6-5-3-1;1-2-4-5-3-1;3*1-2/h6H,1-5H2;1-5H2;5H,1-4H2;3*1-2H3. The van der Waals surface area contributed by atoms with Gasteiger partial charge in [0.1, 0.15) is 0 Å². The summed E-state index contributed by atoms with van der Waals surface area (Å²) in [4.78, 5) is 0. The highest BCUT2D eigenvalue weighted by Crippen LogP contribution is 2.02. The van der Waals surface area contributed by atoms with E-state index < -0.39 is 0 Å². The van der Waals surface area contributed by atoms with Gasteiger partial charge in [0, 0.05) is 13.2 Å². The van der Waals surface area contributed by atoms with E-state index in [9.17, 15) is 0 Å². The molecular formula is C20H48N2O.